The molecule has 0 saturated carbocycles. The normalized spacial score (nSPS) is 23.2. The quantitative estimate of drug-likeness (QED) is 0.706. The highest BCUT2D eigenvalue weighted by Gasteiger charge is 2.36. The molecule has 3 aliphatic heterocycles. The van der Waals surface area contributed by atoms with E-state index in [2.05, 4.69) is 36.2 Å². The SMILES string of the molecule is Cc1ccc2c(c1)N1C(=CC2C)CSC1=NC(=O)ON1C(=O)CCC1=O. The molecule has 3 aliphatic rings. The standard InChI is InChI=1S/C18H17N3O4S/c1-10-3-4-13-11(2)8-12-9-26-17(20(12)14(13)7-10)19-18(24)25-21-15(22)5-6-16(21)23/h3-4,7-8,11H,5-6,9H2,1-2H3. The summed E-state index contributed by atoms with van der Waals surface area (Å²) in [7, 11) is 0. The Kier molecular flexibility index (Phi) is 4.07. The first-order valence-corrected chi connectivity index (χ1v) is 9.33. The first-order valence-electron chi connectivity index (χ1n) is 8.34. The van der Waals surface area contributed by atoms with Crippen LogP contribution in [-0.4, -0.2) is 33.9 Å². The van der Waals surface area contributed by atoms with Crippen molar-refractivity contribution in [1.29, 1.82) is 0 Å². The zero-order chi connectivity index (χ0) is 18.4. The van der Waals surface area contributed by atoms with Crippen LogP contribution in [0.1, 0.15) is 36.8 Å². The topological polar surface area (TPSA) is 79.3 Å². The molecular weight excluding hydrogens is 354 g/mol. The van der Waals surface area contributed by atoms with E-state index in [4.69, 9.17) is 4.84 Å². The number of carbonyl (C=O) groups excluding carboxylic acids is 3. The first-order chi connectivity index (χ1) is 12.4. The number of fused-ring (bicyclic) bond motifs is 3. The highest BCUT2D eigenvalue weighted by Crippen LogP contribution is 2.43. The molecule has 1 atom stereocenters. The Bertz CT molecular complexity index is 876. The van der Waals surface area contributed by atoms with Crippen molar-refractivity contribution in [3.63, 3.8) is 0 Å². The van der Waals surface area contributed by atoms with E-state index >= 15 is 0 Å². The van der Waals surface area contributed by atoms with Crippen molar-refractivity contribution < 1.29 is 19.2 Å². The summed E-state index contributed by atoms with van der Waals surface area (Å²) in [5, 5.41) is 0.998. The fourth-order valence-electron chi connectivity index (χ4n) is 3.30. The van der Waals surface area contributed by atoms with Gasteiger partial charge in [-0.15, -0.1) is 10.1 Å². The number of allylic oxidation sites excluding steroid dienone is 1. The minimum atomic E-state index is -0.967. The number of carbonyl (C=O) groups is 3. The van der Waals surface area contributed by atoms with Crippen LogP contribution in [0.2, 0.25) is 0 Å². The predicted molar refractivity (Wildman–Crippen MR) is 97.6 cm³/mol. The molecule has 2 fully saturated rings. The molecule has 7 nitrogen and oxygen atoms in total. The summed E-state index contributed by atoms with van der Waals surface area (Å²) < 4.78 is 0. The summed E-state index contributed by atoms with van der Waals surface area (Å²) in [6.45, 7) is 4.15. The second-order valence-corrected chi connectivity index (χ2v) is 7.41. The number of anilines is 1. The number of hydrogen-bond donors (Lipinski definition) is 0. The van der Waals surface area contributed by atoms with Gasteiger partial charge in [0.2, 0.25) is 0 Å². The molecule has 0 spiro atoms. The molecule has 1 unspecified atom stereocenters. The van der Waals surface area contributed by atoms with E-state index in [1.807, 2.05) is 11.8 Å². The van der Waals surface area contributed by atoms with Crippen molar-refractivity contribution >= 4 is 40.5 Å². The van der Waals surface area contributed by atoms with Crippen molar-refractivity contribution in [2.75, 3.05) is 10.7 Å². The number of rotatable bonds is 1. The number of hydroxylamine groups is 2. The fraction of sp³-hybridized carbons (Fsp3) is 0.333. The molecule has 0 aromatic heterocycles. The van der Waals surface area contributed by atoms with Crippen LogP contribution in [0.5, 0.6) is 0 Å². The lowest BCUT2D eigenvalue weighted by atomic mass is 9.93. The number of aliphatic imine (C=N–C) groups is 1. The largest absolute Gasteiger partial charge is 0.461 e. The van der Waals surface area contributed by atoms with E-state index in [1.54, 1.807) is 0 Å². The van der Waals surface area contributed by atoms with E-state index < -0.39 is 17.9 Å². The van der Waals surface area contributed by atoms with E-state index in [9.17, 15) is 14.4 Å². The summed E-state index contributed by atoms with van der Waals surface area (Å²) in [6.07, 6.45) is 1.30. The lowest BCUT2D eigenvalue weighted by Crippen LogP contribution is -2.32. The van der Waals surface area contributed by atoms with Crippen molar-refractivity contribution in [2.45, 2.75) is 32.6 Å². The number of imide groups is 1. The van der Waals surface area contributed by atoms with Gasteiger partial charge in [0.1, 0.15) is 0 Å². The monoisotopic (exact) mass is 371 g/mol. The van der Waals surface area contributed by atoms with Gasteiger partial charge in [0.15, 0.2) is 5.17 Å². The molecule has 1 aromatic carbocycles. The van der Waals surface area contributed by atoms with Crippen molar-refractivity contribution in [3.05, 3.63) is 41.1 Å². The van der Waals surface area contributed by atoms with Gasteiger partial charge in [-0.05, 0) is 24.1 Å². The molecule has 3 heterocycles. The molecule has 1 aromatic rings. The number of thioether (sulfide) groups is 1. The maximum Gasteiger partial charge on any atom is 0.461 e. The Balaban J connectivity index is 1.62. The molecule has 26 heavy (non-hydrogen) atoms. The van der Waals surface area contributed by atoms with Gasteiger partial charge in [0, 0.05) is 30.2 Å². The maximum absolute atomic E-state index is 12.1. The van der Waals surface area contributed by atoms with Gasteiger partial charge in [-0.1, -0.05) is 36.9 Å². The molecular formula is C18H17N3O4S. The molecule has 0 aliphatic carbocycles. The van der Waals surface area contributed by atoms with Crippen molar-refractivity contribution in [1.82, 2.24) is 5.06 Å². The summed E-state index contributed by atoms with van der Waals surface area (Å²) in [5.41, 5.74) is 4.34. The summed E-state index contributed by atoms with van der Waals surface area (Å²) in [4.78, 5) is 46.1. The van der Waals surface area contributed by atoms with E-state index in [1.165, 1.54) is 11.8 Å². The summed E-state index contributed by atoms with van der Waals surface area (Å²) in [5.74, 6) is -0.0543. The van der Waals surface area contributed by atoms with Gasteiger partial charge in [0.25, 0.3) is 11.8 Å². The van der Waals surface area contributed by atoms with E-state index in [0.717, 1.165) is 22.5 Å². The smallest absolute Gasteiger partial charge is 0.309 e. The van der Waals surface area contributed by atoms with E-state index in [-0.39, 0.29) is 18.8 Å². The van der Waals surface area contributed by atoms with Crippen LogP contribution >= 0.6 is 11.8 Å². The second kappa shape index (κ2) is 6.28. The molecule has 4 rings (SSSR count). The third-order valence-electron chi connectivity index (χ3n) is 4.55. The molecule has 2 saturated heterocycles. The second-order valence-electron chi connectivity index (χ2n) is 6.47. The van der Waals surface area contributed by atoms with E-state index in [0.29, 0.717) is 16.0 Å². The number of amidine groups is 1. The lowest BCUT2D eigenvalue weighted by Gasteiger charge is -2.30. The number of nitrogens with zero attached hydrogens (tertiary/aromatic N) is 3. The van der Waals surface area contributed by atoms with Crippen LogP contribution in [0.3, 0.4) is 0 Å². The van der Waals surface area contributed by atoms with Gasteiger partial charge < -0.3 is 4.84 Å². The van der Waals surface area contributed by atoms with Crippen LogP contribution in [0.25, 0.3) is 0 Å². The predicted octanol–water partition coefficient (Wildman–Crippen LogP) is 3.11. The Morgan fingerprint density at radius 3 is 2.73 bits per heavy atom. The Labute approximate surface area is 154 Å². The summed E-state index contributed by atoms with van der Waals surface area (Å²) >= 11 is 1.43. The highest BCUT2D eigenvalue weighted by molar-refractivity contribution is 8.14. The number of amides is 3. The molecule has 3 amide bonds. The Morgan fingerprint density at radius 2 is 2.00 bits per heavy atom. The van der Waals surface area contributed by atoms with Gasteiger partial charge in [-0.3, -0.25) is 14.5 Å². The average molecular weight is 371 g/mol. The molecule has 0 radical (unpaired) electrons. The Hall–Kier alpha value is -2.61. The van der Waals surface area contributed by atoms with Crippen molar-refractivity contribution in [3.8, 4) is 0 Å². The van der Waals surface area contributed by atoms with Gasteiger partial charge >= 0.3 is 6.09 Å². The van der Waals surface area contributed by atoms with Gasteiger partial charge in [-0.2, -0.15) is 0 Å². The zero-order valence-corrected chi connectivity index (χ0v) is 15.2. The molecule has 0 N–H and O–H groups in total. The summed E-state index contributed by atoms with van der Waals surface area (Å²) in [6, 6.07) is 6.22. The minimum Gasteiger partial charge on any atom is -0.309 e. The maximum atomic E-state index is 12.1. The van der Waals surface area contributed by atoms with Crippen LogP contribution in [0.15, 0.2) is 35.0 Å². The van der Waals surface area contributed by atoms with Crippen LogP contribution in [-0.2, 0) is 14.4 Å². The number of aryl methyl sites for hydroxylation is 1. The Morgan fingerprint density at radius 1 is 1.27 bits per heavy atom. The molecule has 0 bridgehead atoms. The molecule has 8 heteroatoms. The van der Waals surface area contributed by atoms with Crippen molar-refractivity contribution in [2.24, 2.45) is 4.99 Å². The number of hydrogen-bond acceptors (Lipinski definition) is 5. The third-order valence-corrected chi connectivity index (χ3v) is 5.52. The fourth-order valence-corrected chi connectivity index (χ4v) is 4.28. The lowest BCUT2D eigenvalue weighted by molar-refractivity contribution is -0.170. The van der Waals surface area contributed by atoms with Gasteiger partial charge in [-0.25, -0.2) is 4.79 Å². The first kappa shape index (κ1) is 16.8. The highest BCUT2D eigenvalue weighted by atomic mass is 32.2. The average Bonchev–Trinajstić information content (AvgIpc) is 3.13. The number of benzene rings is 1. The van der Waals surface area contributed by atoms with Crippen LogP contribution < -0.4 is 4.90 Å². The zero-order valence-electron chi connectivity index (χ0n) is 14.4. The third kappa shape index (κ3) is 2.80. The van der Waals surface area contributed by atoms with Gasteiger partial charge in [0.05, 0.1) is 5.69 Å². The molecule has 134 valence electrons. The van der Waals surface area contributed by atoms with Crippen LogP contribution in [0, 0.1) is 6.92 Å². The van der Waals surface area contributed by atoms with Crippen LogP contribution in [0.4, 0.5) is 10.5 Å². The minimum absolute atomic E-state index is 0.0565.